The Morgan fingerprint density at radius 3 is 2.45 bits per heavy atom. The first-order chi connectivity index (χ1) is 5.18. The van der Waals surface area contributed by atoms with Gasteiger partial charge in [0.25, 0.3) is 0 Å². The Hall–Kier alpha value is -0.590. The Kier molecular flexibility index (Phi) is 4.84. The number of hydrogen-bond acceptors (Lipinski definition) is 1. The fraction of sp³-hybridized carbons (Fsp3) is 0.700. The van der Waals surface area contributed by atoms with Crippen LogP contribution in [0.4, 0.5) is 0 Å². The van der Waals surface area contributed by atoms with Crippen molar-refractivity contribution in [2.75, 3.05) is 0 Å². The summed E-state index contributed by atoms with van der Waals surface area (Å²) in [4.78, 5) is 10.1. The summed E-state index contributed by atoms with van der Waals surface area (Å²) in [5.74, 6) is 0. The summed E-state index contributed by atoms with van der Waals surface area (Å²) in [7, 11) is 0. The van der Waals surface area contributed by atoms with Gasteiger partial charge in [0, 0.05) is 6.42 Å². The van der Waals surface area contributed by atoms with Gasteiger partial charge in [0.15, 0.2) is 0 Å². The molecule has 0 aliphatic heterocycles. The van der Waals surface area contributed by atoms with Crippen LogP contribution in [0.25, 0.3) is 0 Å². The molecule has 1 atom stereocenters. The number of carbonyl (C=O) groups excluding carboxylic acids is 1. The highest BCUT2D eigenvalue weighted by Crippen LogP contribution is 2.28. The summed E-state index contributed by atoms with van der Waals surface area (Å²) in [5.41, 5.74) is 0.232. The monoisotopic (exact) mass is 154 g/mol. The fourth-order valence-electron chi connectivity index (χ4n) is 1.17. The van der Waals surface area contributed by atoms with Crippen LogP contribution in [0.3, 0.4) is 0 Å². The lowest BCUT2D eigenvalue weighted by Gasteiger charge is -2.22. The van der Waals surface area contributed by atoms with Crippen molar-refractivity contribution in [2.45, 2.75) is 40.0 Å². The highest BCUT2D eigenvalue weighted by atomic mass is 16.1. The first-order valence-corrected chi connectivity index (χ1v) is 4.26. The molecule has 0 unspecified atom stereocenters. The predicted octanol–water partition coefficient (Wildman–Crippen LogP) is 2.96. The Bertz CT molecular complexity index is 138. The Morgan fingerprint density at radius 1 is 1.45 bits per heavy atom. The lowest BCUT2D eigenvalue weighted by Crippen LogP contribution is -2.11. The van der Waals surface area contributed by atoms with E-state index in [1.54, 1.807) is 0 Å². The molecular formula is C10H18O. The van der Waals surface area contributed by atoms with Gasteiger partial charge in [-0.2, -0.15) is 0 Å². The van der Waals surface area contributed by atoms with Gasteiger partial charge in [-0.1, -0.05) is 26.0 Å². The quantitative estimate of drug-likeness (QED) is 0.439. The maximum Gasteiger partial charge on any atom is 0.120 e. The molecule has 0 aromatic carbocycles. The second kappa shape index (κ2) is 5.11. The molecule has 0 fully saturated rings. The second-order valence-electron chi connectivity index (χ2n) is 3.21. The topological polar surface area (TPSA) is 17.1 Å². The summed E-state index contributed by atoms with van der Waals surface area (Å²) < 4.78 is 0. The van der Waals surface area contributed by atoms with Gasteiger partial charge in [0.05, 0.1) is 0 Å². The maximum absolute atomic E-state index is 10.1. The van der Waals surface area contributed by atoms with Crippen molar-refractivity contribution in [3.63, 3.8) is 0 Å². The minimum absolute atomic E-state index is 0.232. The largest absolute Gasteiger partial charge is 0.303 e. The van der Waals surface area contributed by atoms with E-state index in [1.807, 2.05) is 6.92 Å². The van der Waals surface area contributed by atoms with Crippen LogP contribution in [-0.4, -0.2) is 6.29 Å². The van der Waals surface area contributed by atoms with Gasteiger partial charge in [-0.05, 0) is 25.2 Å². The number of aldehydes is 1. The van der Waals surface area contributed by atoms with E-state index in [2.05, 4.69) is 26.0 Å². The van der Waals surface area contributed by atoms with Crippen molar-refractivity contribution in [3.05, 3.63) is 12.2 Å². The molecule has 0 aliphatic carbocycles. The molecule has 0 saturated carbocycles. The van der Waals surface area contributed by atoms with Crippen molar-refractivity contribution >= 4 is 6.29 Å². The van der Waals surface area contributed by atoms with E-state index in [0.29, 0.717) is 6.42 Å². The first-order valence-electron chi connectivity index (χ1n) is 4.26. The van der Waals surface area contributed by atoms with Crippen LogP contribution in [0.2, 0.25) is 0 Å². The smallest absolute Gasteiger partial charge is 0.120 e. The highest BCUT2D eigenvalue weighted by molar-refractivity contribution is 5.49. The molecule has 0 N–H and O–H groups in total. The van der Waals surface area contributed by atoms with Gasteiger partial charge in [-0.15, -0.1) is 0 Å². The third kappa shape index (κ3) is 3.97. The third-order valence-corrected chi connectivity index (χ3v) is 2.21. The Labute approximate surface area is 69.5 Å². The predicted molar refractivity (Wildman–Crippen MR) is 48.5 cm³/mol. The lowest BCUT2D eigenvalue weighted by molar-refractivity contribution is -0.108. The average molecular weight is 154 g/mol. The van der Waals surface area contributed by atoms with E-state index < -0.39 is 0 Å². The van der Waals surface area contributed by atoms with Gasteiger partial charge in [-0.3, -0.25) is 0 Å². The van der Waals surface area contributed by atoms with Gasteiger partial charge < -0.3 is 4.79 Å². The summed E-state index contributed by atoms with van der Waals surface area (Å²) in [5, 5.41) is 0. The van der Waals surface area contributed by atoms with E-state index in [0.717, 1.165) is 19.1 Å². The number of allylic oxidation sites excluding steroid dienone is 2. The van der Waals surface area contributed by atoms with Crippen molar-refractivity contribution < 1.29 is 4.79 Å². The van der Waals surface area contributed by atoms with E-state index in [1.165, 1.54) is 0 Å². The van der Waals surface area contributed by atoms with Gasteiger partial charge in [-0.25, -0.2) is 0 Å². The normalized spacial score (nSPS) is 16.6. The van der Waals surface area contributed by atoms with Gasteiger partial charge in [0.2, 0.25) is 0 Å². The minimum atomic E-state index is 0.232. The fourth-order valence-corrected chi connectivity index (χ4v) is 1.17. The molecule has 11 heavy (non-hydrogen) atoms. The molecule has 0 aromatic heterocycles. The molecule has 1 nitrogen and oxygen atoms in total. The van der Waals surface area contributed by atoms with Crippen LogP contribution >= 0.6 is 0 Å². The lowest BCUT2D eigenvalue weighted by atomic mass is 9.83. The molecule has 0 spiro atoms. The molecule has 0 radical (unpaired) electrons. The maximum atomic E-state index is 10.1. The zero-order chi connectivity index (χ0) is 8.74. The molecule has 0 aliphatic rings. The van der Waals surface area contributed by atoms with E-state index in [-0.39, 0.29) is 5.41 Å². The highest BCUT2D eigenvalue weighted by Gasteiger charge is 2.16. The third-order valence-electron chi connectivity index (χ3n) is 2.21. The summed E-state index contributed by atoms with van der Waals surface area (Å²) in [6.07, 6.45) is 8.00. The van der Waals surface area contributed by atoms with Crippen LogP contribution in [0.15, 0.2) is 12.2 Å². The summed E-state index contributed by atoms with van der Waals surface area (Å²) in [6, 6.07) is 0. The first kappa shape index (κ1) is 10.4. The standard InChI is InChI=1S/C10H18O/c1-4-7-10(3,5-2)8-6-9-11/h4,7,9H,5-6,8H2,1-3H3/b7-4+/t10-/m0/s1. The van der Waals surface area contributed by atoms with E-state index >= 15 is 0 Å². The van der Waals surface area contributed by atoms with Crippen molar-refractivity contribution in [1.82, 2.24) is 0 Å². The second-order valence-corrected chi connectivity index (χ2v) is 3.21. The molecule has 64 valence electrons. The Balaban J connectivity index is 3.97. The molecule has 1 heteroatoms. The zero-order valence-corrected chi connectivity index (χ0v) is 7.76. The molecule has 0 heterocycles. The molecule has 0 aromatic rings. The summed E-state index contributed by atoms with van der Waals surface area (Å²) in [6.45, 7) is 6.37. The average Bonchev–Trinajstić information content (AvgIpc) is 2.02. The van der Waals surface area contributed by atoms with Crippen LogP contribution in [0.1, 0.15) is 40.0 Å². The van der Waals surface area contributed by atoms with E-state index in [4.69, 9.17) is 0 Å². The van der Waals surface area contributed by atoms with Gasteiger partial charge >= 0.3 is 0 Å². The van der Waals surface area contributed by atoms with Crippen molar-refractivity contribution in [2.24, 2.45) is 5.41 Å². The Morgan fingerprint density at radius 2 is 2.09 bits per heavy atom. The van der Waals surface area contributed by atoms with Crippen LogP contribution in [-0.2, 0) is 4.79 Å². The SMILES string of the molecule is C/C=C/[C@](C)(CC)CCC=O. The number of carbonyl (C=O) groups is 1. The molecule has 0 amide bonds. The van der Waals surface area contributed by atoms with Crippen LogP contribution in [0, 0.1) is 5.41 Å². The molecule has 0 bridgehead atoms. The zero-order valence-electron chi connectivity index (χ0n) is 7.76. The van der Waals surface area contributed by atoms with E-state index in [9.17, 15) is 4.79 Å². The minimum Gasteiger partial charge on any atom is -0.303 e. The van der Waals surface area contributed by atoms with Crippen LogP contribution < -0.4 is 0 Å². The molecular weight excluding hydrogens is 136 g/mol. The number of hydrogen-bond donors (Lipinski definition) is 0. The van der Waals surface area contributed by atoms with Crippen molar-refractivity contribution in [3.8, 4) is 0 Å². The molecule has 0 rings (SSSR count). The van der Waals surface area contributed by atoms with Crippen molar-refractivity contribution in [1.29, 1.82) is 0 Å². The molecule has 0 saturated heterocycles. The number of rotatable bonds is 5. The summed E-state index contributed by atoms with van der Waals surface area (Å²) >= 11 is 0. The van der Waals surface area contributed by atoms with Gasteiger partial charge in [0.1, 0.15) is 6.29 Å². The van der Waals surface area contributed by atoms with Crippen LogP contribution in [0.5, 0.6) is 0 Å².